The number of halogens is 1. The fraction of sp³-hybridized carbons (Fsp3) is 0.706. The van der Waals surface area contributed by atoms with Crippen LogP contribution in [0.5, 0.6) is 0 Å². The summed E-state index contributed by atoms with van der Waals surface area (Å²) in [5.74, 6) is 0.945. The molecular weight excluding hydrogens is 282 g/mol. The molecule has 1 aliphatic heterocycles. The van der Waals surface area contributed by atoms with Gasteiger partial charge < -0.3 is 5.32 Å². The molecule has 2 heterocycles. The van der Waals surface area contributed by atoms with Gasteiger partial charge in [-0.25, -0.2) is 4.98 Å². The highest BCUT2D eigenvalue weighted by atomic mass is 35.5. The highest BCUT2D eigenvalue weighted by Gasteiger charge is 2.22. The lowest BCUT2D eigenvalue weighted by Gasteiger charge is -2.35. The van der Waals surface area contributed by atoms with E-state index < -0.39 is 0 Å². The number of piperidine rings is 1. The van der Waals surface area contributed by atoms with Crippen LogP contribution in [-0.2, 0) is 6.54 Å². The lowest BCUT2D eigenvalue weighted by atomic mass is 9.98. The molecule has 0 saturated carbocycles. The molecule has 2 rings (SSSR count). The molecule has 0 spiro atoms. The third-order valence-electron chi connectivity index (χ3n) is 4.20. The van der Waals surface area contributed by atoms with E-state index >= 15 is 0 Å². The first-order chi connectivity index (χ1) is 10.2. The minimum Gasteiger partial charge on any atom is -0.370 e. The minimum atomic E-state index is 0.703. The molecule has 0 radical (unpaired) electrons. The van der Waals surface area contributed by atoms with Crippen LogP contribution >= 0.6 is 11.6 Å². The van der Waals surface area contributed by atoms with Crippen LogP contribution in [0.15, 0.2) is 12.1 Å². The molecule has 0 aromatic carbocycles. The Balaban J connectivity index is 2.05. The van der Waals surface area contributed by atoms with Gasteiger partial charge in [0.1, 0.15) is 5.82 Å². The quantitative estimate of drug-likeness (QED) is 0.790. The molecule has 1 aromatic rings. The van der Waals surface area contributed by atoms with Crippen molar-refractivity contribution in [1.82, 2.24) is 9.88 Å². The van der Waals surface area contributed by atoms with Crippen molar-refractivity contribution < 1.29 is 0 Å². The molecule has 1 saturated heterocycles. The predicted molar refractivity (Wildman–Crippen MR) is 91.0 cm³/mol. The minimum absolute atomic E-state index is 0.703. The van der Waals surface area contributed by atoms with Gasteiger partial charge in [-0.2, -0.15) is 0 Å². The van der Waals surface area contributed by atoms with E-state index in [9.17, 15) is 0 Å². The molecule has 1 aliphatic rings. The van der Waals surface area contributed by atoms with Crippen molar-refractivity contribution in [2.45, 2.75) is 65.0 Å². The van der Waals surface area contributed by atoms with Crippen molar-refractivity contribution in [3.63, 3.8) is 0 Å². The smallest absolute Gasteiger partial charge is 0.126 e. The number of nitrogens with one attached hydrogen (secondary N) is 1. The number of anilines is 1. The van der Waals surface area contributed by atoms with E-state index in [1.165, 1.54) is 38.6 Å². The summed E-state index contributed by atoms with van der Waals surface area (Å²) in [6.07, 6.45) is 7.61. The average Bonchev–Trinajstić information content (AvgIpc) is 2.50. The number of nitrogens with zero attached hydrogens (tertiary/aromatic N) is 2. The van der Waals surface area contributed by atoms with Crippen LogP contribution in [0.25, 0.3) is 0 Å². The van der Waals surface area contributed by atoms with Gasteiger partial charge in [-0.15, -0.1) is 0 Å². The topological polar surface area (TPSA) is 28.2 Å². The van der Waals surface area contributed by atoms with Crippen LogP contribution < -0.4 is 5.32 Å². The van der Waals surface area contributed by atoms with E-state index in [2.05, 4.69) is 24.1 Å². The predicted octanol–water partition coefficient (Wildman–Crippen LogP) is 4.71. The molecule has 0 bridgehead atoms. The third-order valence-corrected chi connectivity index (χ3v) is 4.54. The van der Waals surface area contributed by atoms with Crippen molar-refractivity contribution in [2.24, 2.45) is 0 Å². The largest absolute Gasteiger partial charge is 0.370 e. The second-order valence-electron chi connectivity index (χ2n) is 5.96. The van der Waals surface area contributed by atoms with E-state index in [4.69, 9.17) is 16.6 Å². The Morgan fingerprint density at radius 3 is 2.90 bits per heavy atom. The summed E-state index contributed by atoms with van der Waals surface area (Å²) < 4.78 is 0. The van der Waals surface area contributed by atoms with E-state index in [0.717, 1.165) is 36.0 Å². The van der Waals surface area contributed by atoms with E-state index in [1.807, 2.05) is 12.1 Å². The molecular formula is C17H28ClN3. The van der Waals surface area contributed by atoms with Crippen molar-refractivity contribution >= 4 is 17.4 Å². The summed E-state index contributed by atoms with van der Waals surface area (Å²) in [7, 11) is 0. The molecule has 4 heteroatoms. The molecule has 1 atom stereocenters. The fourth-order valence-corrected chi connectivity index (χ4v) is 3.23. The molecule has 0 aliphatic carbocycles. The summed E-state index contributed by atoms with van der Waals surface area (Å²) in [4.78, 5) is 7.29. The maximum absolute atomic E-state index is 6.36. The van der Waals surface area contributed by atoms with E-state index in [-0.39, 0.29) is 0 Å². The molecule has 1 N–H and O–H groups in total. The first-order valence-corrected chi connectivity index (χ1v) is 8.75. The number of likely N-dealkylation sites (tertiary alicyclic amines) is 1. The zero-order valence-electron chi connectivity index (χ0n) is 13.4. The molecule has 0 amide bonds. The first kappa shape index (κ1) is 16.6. The van der Waals surface area contributed by atoms with Gasteiger partial charge in [0.05, 0.1) is 10.7 Å². The van der Waals surface area contributed by atoms with Crippen LogP contribution in [0.1, 0.15) is 58.1 Å². The molecule has 21 heavy (non-hydrogen) atoms. The first-order valence-electron chi connectivity index (χ1n) is 8.38. The van der Waals surface area contributed by atoms with Gasteiger partial charge >= 0.3 is 0 Å². The number of hydrogen-bond acceptors (Lipinski definition) is 3. The zero-order chi connectivity index (χ0) is 15.1. The van der Waals surface area contributed by atoms with Gasteiger partial charge in [0.15, 0.2) is 0 Å². The van der Waals surface area contributed by atoms with Gasteiger partial charge in [-0.05, 0) is 44.4 Å². The molecule has 118 valence electrons. The molecule has 1 fully saturated rings. The maximum Gasteiger partial charge on any atom is 0.126 e. The Morgan fingerprint density at radius 1 is 1.29 bits per heavy atom. The van der Waals surface area contributed by atoms with Crippen LogP contribution in [0, 0.1) is 0 Å². The van der Waals surface area contributed by atoms with Crippen LogP contribution in [0.2, 0.25) is 5.02 Å². The number of aromatic nitrogens is 1. The summed E-state index contributed by atoms with van der Waals surface area (Å²) in [6.45, 7) is 7.44. The Bertz CT molecular complexity index is 434. The normalized spacial score (nSPS) is 19.7. The Kier molecular flexibility index (Phi) is 6.78. The Labute approximate surface area is 134 Å². The maximum atomic E-state index is 6.36. The van der Waals surface area contributed by atoms with Gasteiger partial charge in [-0.3, -0.25) is 4.90 Å². The van der Waals surface area contributed by atoms with Crippen LogP contribution in [-0.4, -0.2) is 29.0 Å². The van der Waals surface area contributed by atoms with Crippen molar-refractivity contribution in [3.8, 4) is 0 Å². The van der Waals surface area contributed by atoms with Gasteiger partial charge in [0, 0.05) is 19.1 Å². The summed E-state index contributed by atoms with van der Waals surface area (Å²) in [5, 5.41) is 4.14. The van der Waals surface area contributed by atoms with E-state index in [0.29, 0.717) is 6.04 Å². The number of rotatable bonds is 7. The average molecular weight is 310 g/mol. The molecule has 1 aromatic heterocycles. The SMILES string of the molecule is CCCNc1ccc(Cl)c(CN2CCCCC2CCC)n1. The van der Waals surface area contributed by atoms with Crippen molar-refractivity contribution in [3.05, 3.63) is 22.8 Å². The summed E-state index contributed by atoms with van der Waals surface area (Å²) in [6, 6.07) is 4.65. The van der Waals surface area contributed by atoms with Crippen LogP contribution in [0.4, 0.5) is 5.82 Å². The fourth-order valence-electron chi connectivity index (χ4n) is 3.07. The lowest BCUT2D eigenvalue weighted by molar-refractivity contribution is 0.130. The highest BCUT2D eigenvalue weighted by molar-refractivity contribution is 6.31. The van der Waals surface area contributed by atoms with Crippen molar-refractivity contribution in [2.75, 3.05) is 18.4 Å². The Hall–Kier alpha value is -0.800. The second kappa shape index (κ2) is 8.60. The number of pyridine rings is 1. The summed E-state index contributed by atoms with van der Waals surface area (Å²) >= 11 is 6.36. The standard InChI is InChI=1S/C17H28ClN3/c1-3-7-14-8-5-6-12-21(14)13-16-15(18)9-10-17(20-16)19-11-4-2/h9-10,14H,3-8,11-13H2,1-2H3,(H,19,20). The monoisotopic (exact) mass is 309 g/mol. The van der Waals surface area contributed by atoms with E-state index in [1.54, 1.807) is 0 Å². The van der Waals surface area contributed by atoms with Gasteiger partial charge in [0.2, 0.25) is 0 Å². The molecule has 3 nitrogen and oxygen atoms in total. The second-order valence-corrected chi connectivity index (χ2v) is 6.37. The molecule has 1 unspecified atom stereocenters. The zero-order valence-corrected chi connectivity index (χ0v) is 14.1. The Morgan fingerprint density at radius 2 is 2.14 bits per heavy atom. The van der Waals surface area contributed by atoms with Gasteiger partial charge in [0.25, 0.3) is 0 Å². The highest BCUT2D eigenvalue weighted by Crippen LogP contribution is 2.25. The lowest BCUT2D eigenvalue weighted by Crippen LogP contribution is -2.39. The third kappa shape index (κ3) is 4.86. The summed E-state index contributed by atoms with van der Waals surface area (Å²) in [5.41, 5.74) is 1.01. The van der Waals surface area contributed by atoms with Crippen LogP contribution in [0.3, 0.4) is 0 Å². The van der Waals surface area contributed by atoms with Crippen molar-refractivity contribution in [1.29, 1.82) is 0 Å². The number of hydrogen-bond donors (Lipinski definition) is 1. The van der Waals surface area contributed by atoms with Gasteiger partial charge in [-0.1, -0.05) is 38.3 Å².